The lowest BCUT2D eigenvalue weighted by Gasteiger charge is -1.85. The Kier molecular flexibility index (Phi) is 2.13. The molecule has 0 aromatic rings. The summed E-state index contributed by atoms with van der Waals surface area (Å²) >= 11 is 0.589. The van der Waals surface area contributed by atoms with E-state index in [0.29, 0.717) is 11.2 Å². The first-order valence-electron chi connectivity index (χ1n) is 2.22. The van der Waals surface area contributed by atoms with Gasteiger partial charge in [-0.1, -0.05) is 0 Å². The van der Waals surface area contributed by atoms with Crippen LogP contribution < -0.4 is 10.6 Å². The van der Waals surface area contributed by atoms with Crippen LogP contribution in [0.1, 0.15) is 0 Å². The van der Waals surface area contributed by atoms with Crippen molar-refractivity contribution in [2.24, 2.45) is 4.40 Å². The van der Waals surface area contributed by atoms with Crippen molar-refractivity contribution in [1.29, 1.82) is 0 Å². The maximum atomic E-state index is 10.6. The average molecular weight is 180 g/mol. The first kappa shape index (κ1) is 7.36. The van der Waals surface area contributed by atoms with Crippen molar-refractivity contribution in [3.05, 3.63) is 0 Å². The number of nitrogens with one attached hydrogen (secondary N) is 2. The number of carbonyl (C=O) groups is 2. The summed E-state index contributed by atoms with van der Waals surface area (Å²) in [5, 5.41) is 4.11. The first-order valence-corrected chi connectivity index (χ1v) is 3.82. The van der Waals surface area contributed by atoms with Crippen molar-refractivity contribution in [2.75, 3.05) is 0 Å². The smallest absolute Gasteiger partial charge is 0.287 e. The summed E-state index contributed by atoms with van der Waals surface area (Å²) in [6.07, 6.45) is 0. The summed E-state index contributed by atoms with van der Waals surface area (Å²) < 4.78 is 3.41. The number of halogens is 1. The highest BCUT2D eigenvalue weighted by Gasteiger charge is 2.24. The topological polar surface area (TPSA) is 70.6 Å². The molecule has 1 saturated heterocycles. The molecule has 5 nitrogen and oxygen atoms in total. The molecular weight excluding hydrogens is 178 g/mol. The minimum atomic E-state index is -0.575. The van der Waals surface area contributed by atoms with Crippen molar-refractivity contribution in [2.45, 2.75) is 0 Å². The minimum Gasteiger partial charge on any atom is -0.287 e. The maximum Gasteiger partial charge on any atom is 0.327 e. The lowest BCUT2D eigenvalue weighted by atomic mass is 10.6. The summed E-state index contributed by atoms with van der Waals surface area (Å²) in [6.45, 7) is 0. The fourth-order valence-corrected chi connectivity index (χ4v) is 0.861. The molecule has 0 aromatic carbocycles. The second-order valence-corrected chi connectivity index (χ2v) is 2.15. The van der Waals surface area contributed by atoms with E-state index in [2.05, 4.69) is 9.71 Å². The van der Waals surface area contributed by atoms with Gasteiger partial charge in [-0.05, 0) is 10.7 Å². The first-order chi connectivity index (χ1) is 4.74. The van der Waals surface area contributed by atoms with Crippen LogP contribution in [0, 0.1) is 0 Å². The monoisotopic (exact) mass is 179 g/mol. The molecule has 1 aliphatic heterocycles. The zero-order chi connectivity index (χ0) is 7.56. The van der Waals surface area contributed by atoms with Crippen LogP contribution in [0.4, 0.5) is 4.79 Å². The van der Waals surface area contributed by atoms with Crippen molar-refractivity contribution in [3.63, 3.8) is 0 Å². The second-order valence-electron chi connectivity index (χ2n) is 1.42. The van der Waals surface area contributed by atoms with E-state index in [0.717, 1.165) is 0 Å². The number of hydrogen-bond acceptors (Lipinski definition) is 4. The van der Waals surface area contributed by atoms with Crippen LogP contribution >= 0.6 is 21.8 Å². The molecule has 0 radical (unpaired) electrons. The molecule has 10 heavy (non-hydrogen) atoms. The van der Waals surface area contributed by atoms with Crippen molar-refractivity contribution >= 4 is 39.6 Å². The van der Waals surface area contributed by atoms with Crippen molar-refractivity contribution < 1.29 is 9.59 Å². The van der Waals surface area contributed by atoms with Gasteiger partial charge in [0.2, 0.25) is 5.84 Å². The van der Waals surface area contributed by atoms with Gasteiger partial charge in [0.05, 0.1) is 11.2 Å². The number of imide groups is 1. The van der Waals surface area contributed by atoms with Crippen molar-refractivity contribution in [1.82, 2.24) is 10.6 Å². The molecule has 54 valence electrons. The lowest BCUT2D eigenvalue weighted by molar-refractivity contribution is -0.113. The van der Waals surface area contributed by atoms with E-state index in [1.54, 1.807) is 0 Å². The molecule has 2 N–H and O–H groups in total. The molecular formula is C3H2ClN3O2S. The number of amidine groups is 1. The number of carbonyl (C=O) groups excluding carboxylic acids is 2. The van der Waals surface area contributed by atoms with Crippen LogP contribution in [-0.4, -0.2) is 17.8 Å². The Morgan fingerprint density at radius 1 is 1.40 bits per heavy atom. The summed E-state index contributed by atoms with van der Waals surface area (Å²) in [4.78, 5) is 20.9. The lowest BCUT2D eigenvalue weighted by Crippen LogP contribution is -2.22. The number of nitrogens with zero attached hydrogens (tertiary/aromatic N) is 1. The molecule has 0 saturated carbocycles. The third-order valence-corrected chi connectivity index (χ3v) is 1.26. The fraction of sp³-hybridized carbons (Fsp3) is 0. The Balaban J connectivity index is 2.72. The SMILES string of the molecule is O=C1NC(=O)/C(=N\SCl)N1. The Bertz CT molecular complexity index is 216. The molecule has 0 atom stereocenters. The number of amides is 3. The van der Waals surface area contributed by atoms with Gasteiger partial charge < -0.3 is 0 Å². The van der Waals surface area contributed by atoms with Gasteiger partial charge in [0, 0.05) is 0 Å². The largest absolute Gasteiger partial charge is 0.327 e. The van der Waals surface area contributed by atoms with Gasteiger partial charge in [-0.25, -0.2) is 4.79 Å². The van der Waals surface area contributed by atoms with E-state index in [-0.39, 0.29) is 5.84 Å². The van der Waals surface area contributed by atoms with Gasteiger partial charge in [-0.3, -0.25) is 15.4 Å². The third-order valence-electron chi connectivity index (χ3n) is 0.800. The summed E-state index contributed by atoms with van der Waals surface area (Å²) in [6, 6.07) is -0.575. The standard InChI is InChI=1S/C3H2ClN3O2S/c4-10-7-1-2(8)6-3(9)5-1/h(H2,5,6,7,8,9). The van der Waals surface area contributed by atoms with Gasteiger partial charge in [0.25, 0.3) is 5.91 Å². The molecule has 3 amide bonds. The highest BCUT2D eigenvalue weighted by Crippen LogP contribution is 2.07. The molecule has 0 aromatic heterocycles. The Morgan fingerprint density at radius 3 is 2.50 bits per heavy atom. The van der Waals surface area contributed by atoms with Crippen LogP contribution in [0.5, 0.6) is 0 Å². The number of rotatable bonds is 1. The Labute approximate surface area is 64.8 Å². The molecule has 0 unspecified atom stereocenters. The highest BCUT2D eigenvalue weighted by atomic mass is 35.7. The van der Waals surface area contributed by atoms with E-state index >= 15 is 0 Å². The van der Waals surface area contributed by atoms with Crippen LogP contribution in [0.2, 0.25) is 0 Å². The molecule has 0 spiro atoms. The van der Waals surface area contributed by atoms with Gasteiger partial charge in [0.1, 0.15) is 0 Å². The van der Waals surface area contributed by atoms with E-state index in [1.165, 1.54) is 0 Å². The maximum absolute atomic E-state index is 10.6. The molecule has 1 fully saturated rings. The third kappa shape index (κ3) is 1.39. The van der Waals surface area contributed by atoms with E-state index in [9.17, 15) is 9.59 Å². The van der Waals surface area contributed by atoms with Crippen LogP contribution in [0.25, 0.3) is 0 Å². The van der Waals surface area contributed by atoms with Gasteiger partial charge in [0.15, 0.2) is 0 Å². The molecule has 7 heteroatoms. The Morgan fingerprint density at radius 2 is 2.10 bits per heavy atom. The quantitative estimate of drug-likeness (QED) is 0.441. The average Bonchev–Trinajstić information content (AvgIpc) is 2.13. The van der Waals surface area contributed by atoms with E-state index < -0.39 is 11.9 Å². The van der Waals surface area contributed by atoms with Gasteiger partial charge in [-0.15, -0.1) is 0 Å². The van der Waals surface area contributed by atoms with E-state index in [4.69, 9.17) is 10.7 Å². The number of hydrogen-bond donors (Lipinski definition) is 2. The fourth-order valence-electron chi connectivity index (χ4n) is 0.457. The van der Waals surface area contributed by atoms with Gasteiger partial charge >= 0.3 is 6.03 Å². The Hall–Kier alpha value is -0.750. The summed E-state index contributed by atoms with van der Waals surface area (Å²) in [7, 11) is 5.09. The van der Waals surface area contributed by atoms with Crippen molar-refractivity contribution in [3.8, 4) is 0 Å². The minimum absolute atomic E-state index is 0.0648. The van der Waals surface area contributed by atoms with Crippen LogP contribution in [-0.2, 0) is 4.79 Å². The van der Waals surface area contributed by atoms with Crippen LogP contribution in [0.15, 0.2) is 4.40 Å². The normalized spacial score (nSPS) is 21.1. The highest BCUT2D eigenvalue weighted by molar-refractivity contribution is 8.20. The molecule has 1 aliphatic rings. The van der Waals surface area contributed by atoms with Crippen LogP contribution in [0.3, 0.4) is 0 Å². The van der Waals surface area contributed by atoms with Gasteiger partial charge in [-0.2, -0.15) is 4.40 Å². The molecule has 0 bridgehead atoms. The predicted octanol–water partition coefficient (Wildman–Crippen LogP) is 0.0263. The summed E-state index contributed by atoms with van der Waals surface area (Å²) in [5.41, 5.74) is 0. The molecule has 1 rings (SSSR count). The number of urea groups is 1. The zero-order valence-corrected chi connectivity index (χ0v) is 6.12. The molecule has 0 aliphatic carbocycles. The molecule has 1 heterocycles. The second kappa shape index (κ2) is 2.89. The zero-order valence-electron chi connectivity index (χ0n) is 4.55. The predicted molar refractivity (Wildman–Crippen MR) is 37.6 cm³/mol. The van der Waals surface area contributed by atoms with E-state index in [1.807, 2.05) is 5.32 Å². The summed E-state index contributed by atoms with van der Waals surface area (Å²) in [5.74, 6) is -0.622.